The van der Waals surface area contributed by atoms with Gasteiger partial charge in [-0.25, -0.2) is 0 Å². The van der Waals surface area contributed by atoms with Gasteiger partial charge in [0, 0.05) is 25.9 Å². The first-order valence-corrected chi connectivity index (χ1v) is 7.59. The van der Waals surface area contributed by atoms with Crippen LogP contribution in [-0.2, 0) is 4.74 Å². The van der Waals surface area contributed by atoms with Crippen molar-refractivity contribution in [2.24, 2.45) is 5.92 Å². The number of hydrogen-bond donors (Lipinski definition) is 1. The first kappa shape index (κ1) is 17.0. The van der Waals surface area contributed by atoms with Crippen molar-refractivity contribution in [1.82, 2.24) is 4.90 Å². The minimum atomic E-state index is 0.563. The van der Waals surface area contributed by atoms with Gasteiger partial charge in [0.05, 0.1) is 6.61 Å². The molecule has 0 saturated carbocycles. The van der Waals surface area contributed by atoms with Crippen molar-refractivity contribution in [3.63, 3.8) is 0 Å². The Morgan fingerprint density at radius 3 is 2.30 bits per heavy atom. The number of anilines is 1. The van der Waals surface area contributed by atoms with Gasteiger partial charge in [-0.1, -0.05) is 32.9 Å². The molecule has 0 aliphatic rings. The molecule has 0 aliphatic heterocycles. The van der Waals surface area contributed by atoms with Crippen molar-refractivity contribution >= 4 is 5.69 Å². The molecule has 1 rings (SSSR count). The van der Waals surface area contributed by atoms with Gasteiger partial charge in [0.1, 0.15) is 0 Å². The highest BCUT2D eigenvalue weighted by atomic mass is 16.5. The SMILES string of the molecule is COCCN(CCC(C)c1ccc(N)cc1)CC(C)C. The molecule has 0 saturated heterocycles. The van der Waals surface area contributed by atoms with Crippen LogP contribution in [0.5, 0.6) is 0 Å². The van der Waals surface area contributed by atoms with Crippen LogP contribution in [0.15, 0.2) is 24.3 Å². The molecule has 3 nitrogen and oxygen atoms in total. The average Bonchev–Trinajstić information content (AvgIpc) is 2.41. The summed E-state index contributed by atoms with van der Waals surface area (Å²) in [6.45, 7) is 10.9. The zero-order valence-corrected chi connectivity index (χ0v) is 13.4. The van der Waals surface area contributed by atoms with E-state index < -0.39 is 0 Å². The second kappa shape index (κ2) is 8.98. The van der Waals surface area contributed by atoms with Crippen molar-refractivity contribution in [3.8, 4) is 0 Å². The van der Waals surface area contributed by atoms with Gasteiger partial charge in [-0.2, -0.15) is 0 Å². The van der Waals surface area contributed by atoms with E-state index in [2.05, 4.69) is 37.8 Å². The van der Waals surface area contributed by atoms with Crippen LogP contribution >= 0.6 is 0 Å². The van der Waals surface area contributed by atoms with Crippen molar-refractivity contribution in [1.29, 1.82) is 0 Å². The number of hydrogen-bond acceptors (Lipinski definition) is 3. The van der Waals surface area contributed by atoms with Gasteiger partial charge in [0.2, 0.25) is 0 Å². The van der Waals surface area contributed by atoms with Crippen LogP contribution in [-0.4, -0.2) is 38.3 Å². The van der Waals surface area contributed by atoms with Gasteiger partial charge >= 0.3 is 0 Å². The Bertz CT molecular complexity index is 362. The van der Waals surface area contributed by atoms with Crippen molar-refractivity contribution in [2.45, 2.75) is 33.1 Å². The highest BCUT2D eigenvalue weighted by molar-refractivity contribution is 5.40. The number of benzene rings is 1. The molecule has 0 amide bonds. The number of nitrogens with two attached hydrogens (primary N) is 1. The van der Waals surface area contributed by atoms with Gasteiger partial charge < -0.3 is 15.4 Å². The number of rotatable bonds is 9. The Morgan fingerprint density at radius 2 is 1.75 bits per heavy atom. The summed E-state index contributed by atoms with van der Waals surface area (Å²) in [5, 5.41) is 0. The lowest BCUT2D eigenvalue weighted by Crippen LogP contribution is -2.32. The Labute approximate surface area is 124 Å². The van der Waals surface area contributed by atoms with Crippen LogP contribution in [0.3, 0.4) is 0 Å². The van der Waals surface area contributed by atoms with Crippen LogP contribution in [0.2, 0.25) is 0 Å². The number of nitrogen functional groups attached to an aromatic ring is 1. The fourth-order valence-corrected chi connectivity index (χ4v) is 2.40. The monoisotopic (exact) mass is 278 g/mol. The van der Waals surface area contributed by atoms with Crippen molar-refractivity contribution in [2.75, 3.05) is 39.1 Å². The summed E-state index contributed by atoms with van der Waals surface area (Å²) in [6.07, 6.45) is 1.17. The summed E-state index contributed by atoms with van der Waals surface area (Å²) >= 11 is 0. The van der Waals surface area contributed by atoms with Gasteiger partial charge in [0.25, 0.3) is 0 Å². The van der Waals surface area contributed by atoms with E-state index in [0.717, 1.165) is 31.9 Å². The molecule has 2 N–H and O–H groups in total. The summed E-state index contributed by atoms with van der Waals surface area (Å²) in [5.41, 5.74) is 7.94. The quantitative estimate of drug-likeness (QED) is 0.704. The molecule has 0 aliphatic carbocycles. The molecule has 1 aromatic rings. The minimum Gasteiger partial charge on any atom is -0.399 e. The first-order valence-electron chi connectivity index (χ1n) is 7.59. The normalized spacial score (nSPS) is 13.1. The molecule has 0 radical (unpaired) electrons. The van der Waals surface area contributed by atoms with Crippen molar-refractivity contribution < 1.29 is 4.74 Å². The van der Waals surface area contributed by atoms with E-state index in [-0.39, 0.29) is 0 Å². The van der Waals surface area contributed by atoms with Gasteiger partial charge in [0.15, 0.2) is 0 Å². The molecule has 114 valence electrons. The first-order chi connectivity index (χ1) is 9.52. The Hall–Kier alpha value is -1.06. The van der Waals surface area contributed by atoms with Crippen LogP contribution in [0.1, 0.15) is 38.7 Å². The highest BCUT2D eigenvalue weighted by Crippen LogP contribution is 2.20. The van der Waals surface area contributed by atoms with Crippen molar-refractivity contribution in [3.05, 3.63) is 29.8 Å². The maximum atomic E-state index is 5.74. The molecule has 0 heterocycles. The molecule has 1 aromatic carbocycles. The van der Waals surface area contributed by atoms with E-state index in [9.17, 15) is 0 Å². The maximum absolute atomic E-state index is 5.74. The lowest BCUT2D eigenvalue weighted by molar-refractivity contribution is 0.138. The minimum absolute atomic E-state index is 0.563. The summed E-state index contributed by atoms with van der Waals surface area (Å²) in [5.74, 6) is 1.26. The molecular formula is C17H30N2O. The standard InChI is InChI=1S/C17H30N2O/c1-14(2)13-19(11-12-20-4)10-9-15(3)16-5-7-17(18)8-6-16/h5-8,14-15H,9-13,18H2,1-4H3. The molecular weight excluding hydrogens is 248 g/mol. The molecule has 0 aromatic heterocycles. The lowest BCUT2D eigenvalue weighted by Gasteiger charge is -2.25. The molecule has 1 atom stereocenters. The van der Waals surface area contributed by atoms with Crippen LogP contribution in [0, 0.1) is 5.92 Å². The largest absolute Gasteiger partial charge is 0.399 e. The predicted octanol–water partition coefficient (Wildman–Crippen LogP) is 3.37. The topological polar surface area (TPSA) is 38.5 Å². The zero-order chi connectivity index (χ0) is 15.0. The highest BCUT2D eigenvalue weighted by Gasteiger charge is 2.11. The Morgan fingerprint density at radius 1 is 1.10 bits per heavy atom. The van der Waals surface area contributed by atoms with Gasteiger partial charge in [-0.15, -0.1) is 0 Å². The third-order valence-corrected chi connectivity index (χ3v) is 3.62. The fourth-order valence-electron chi connectivity index (χ4n) is 2.40. The van der Waals surface area contributed by atoms with E-state index in [0.29, 0.717) is 11.8 Å². The van der Waals surface area contributed by atoms with Gasteiger partial charge in [-0.3, -0.25) is 0 Å². The van der Waals surface area contributed by atoms with E-state index in [1.807, 2.05) is 12.1 Å². The van der Waals surface area contributed by atoms with E-state index >= 15 is 0 Å². The summed E-state index contributed by atoms with van der Waals surface area (Å²) in [4.78, 5) is 2.50. The van der Waals surface area contributed by atoms with Crippen LogP contribution in [0.25, 0.3) is 0 Å². The number of nitrogens with zero attached hydrogens (tertiary/aromatic N) is 1. The average molecular weight is 278 g/mol. The number of ether oxygens (including phenoxy) is 1. The smallest absolute Gasteiger partial charge is 0.0589 e. The Balaban J connectivity index is 2.46. The Kier molecular flexibility index (Phi) is 7.63. The number of methoxy groups -OCH3 is 1. The lowest BCUT2D eigenvalue weighted by atomic mass is 9.97. The molecule has 0 fully saturated rings. The third-order valence-electron chi connectivity index (χ3n) is 3.62. The summed E-state index contributed by atoms with van der Waals surface area (Å²) < 4.78 is 5.20. The molecule has 20 heavy (non-hydrogen) atoms. The summed E-state index contributed by atoms with van der Waals surface area (Å²) in [6, 6.07) is 8.26. The molecule has 3 heteroatoms. The maximum Gasteiger partial charge on any atom is 0.0589 e. The van der Waals surface area contributed by atoms with E-state index in [4.69, 9.17) is 10.5 Å². The molecule has 0 bridgehead atoms. The van der Waals surface area contributed by atoms with Gasteiger partial charge in [-0.05, 0) is 42.5 Å². The van der Waals surface area contributed by atoms with E-state index in [1.54, 1.807) is 7.11 Å². The molecule has 0 spiro atoms. The molecule has 1 unspecified atom stereocenters. The summed E-state index contributed by atoms with van der Waals surface area (Å²) in [7, 11) is 1.77. The second-order valence-corrected chi connectivity index (χ2v) is 6.04. The predicted molar refractivity (Wildman–Crippen MR) is 87.0 cm³/mol. The van der Waals surface area contributed by atoms with Crippen LogP contribution < -0.4 is 5.73 Å². The third kappa shape index (κ3) is 6.40. The van der Waals surface area contributed by atoms with Crippen LogP contribution in [0.4, 0.5) is 5.69 Å². The second-order valence-electron chi connectivity index (χ2n) is 6.04. The zero-order valence-electron chi connectivity index (χ0n) is 13.4. The fraction of sp³-hybridized carbons (Fsp3) is 0.647. The van der Waals surface area contributed by atoms with E-state index in [1.165, 1.54) is 12.0 Å².